The van der Waals surface area contributed by atoms with Crippen LogP contribution in [-0.2, 0) is 10.0 Å². The van der Waals surface area contributed by atoms with Crippen molar-refractivity contribution in [3.63, 3.8) is 0 Å². The van der Waals surface area contributed by atoms with E-state index in [2.05, 4.69) is 9.88 Å². The van der Waals surface area contributed by atoms with Crippen molar-refractivity contribution in [2.75, 3.05) is 0 Å². The van der Waals surface area contributed by atoms with Crippen LogP contribution in [0.2, 0.25) is 0 Å². The van der Waals surface area contributed by atoms with Crippen LogP contribution in [0.15, 0.2) is 94.0 Å². The molecule has 1 aromatic heterocycles. The number of aryl methyl sites for hydroxylation is 1. The van der Waals surface area contributed by atoms with Gasteiger partial charge in [0.1, 0.15) is 17.3 Å². The summed E-state index contributed by atoms with van der Waals surface area (Å²) >= 11 is 0. The average molecular weight is 475 g/mol. The van der Waals surface area contributed by atoms with E-state index in [1.807, 2.05) is 37.3 Å². The molecule has 1 N–H and O–H groups in total. The van der Waals surface area contributed by atoms with Crippen LogP contribution in [0, 0.1) is 12.7 Å². The van der Waals surface area contributed by atoms with E-state index >= 15 is 0 Å². The fourth-order valence-corrected chi connectivity index (χ4v) is 5.51. The number of rotatable bonds is 6. The molecule has 34 heavy (non-hydrogen) atoms. The number of nitrogens with zero attached hydrogens (tertiary/aromatic N) is 1. The second kappa shape index (κ2) is 8.91. The molecule has 0 bridgehead atoms. The van der Waals surface area contributed by atoms with E-state index in [1.54, 1.807) is 36.4 Å². The number of hydrogen-bond acceptors (Lipinski definition) is 4. The van der Waals surface area contributed by atoms with Crippen molar-refractivity contribution in [1.82, 2.24) is 9.88 Å². The molecule has 5 nitrogen and oxygen atoms in total. The zero-order chi connectivity index (χ0) is 23.7. The Bertz CT molecular complexity index is 1460. The van der Waals surface area contributed by atoms with Gasteiger partial charge in [-0.2, -0.15) is 0 Å². The molecule has 0 saturated carbocycles. The lowest BCUT2D eigenvalue weighted by molar-refractivity contribution is 0.400. The number of allylic oxidation sites excluding steroid dienone is 2. The maximum atomic E-state index is 13.3. The lowest BCUT2D eigenvalue weighted by Crippen LogP contribution is -2.23. The Labute approximate surface area is 198 Å². The van der Waals surface area contributed by atoms with Gasteiger partial charge in [0.15, 0.2) is 0 Å². The Kier molecular flexibility index (Phi) is 5.79. The van der Waals surface area contributed by atoms with E-state index in [-0.39, 0.29) is 10.7 Å². The van der Waals surface area contributed by atoms with Crippen molar-refractivity contribution in [3.05, 3.63) is 102 Å². The molecule has 0 fully saturated rings. The highest BCUT2D eigenvalue weighted by atomic mass is 32.2. The summed E-state index contributed by atoms with van der Waals surface area (Å²) in [6.07, 6.45) is 2.22. The monoisotopic (exact) mass is 474 g/mol. The lowest BCUT2D eigenvalue weighted by Gasteiger charge is -2.12. The van der Waals surface area contributed by atoms with E-state index in [1.165, 1.54) is 12.1 Å². The molecule has 1 aliphatic carbocycles. The standard InChI is InChI=1S/C27H23FN2O3S/c1-18-26(27(29-33-18)21-6-3-2-4-7-21)20-12-16-23(17-13-20)34(31,32)30-25-9-5-8-24(25)19-10-14-22(28)15-11-19/h2-4,6-7,10-17,30H,5,8-9H2,1H3. The van der Waals surface area contributed by atoms with Crippen LogP contribution in [0.1, 0.15) is 30.6 Å². The van der Waals surface area contributed by atoms with Crippen LogP contribution in [0.5, 0.6) is 0 Å². The minimum Gasteiger partial charge on any atom is -0.360 e. The fraction of sp³-hybridized carbons (Fsp3) is 0.148. The molecule has 0 atom stereocenters. The van der Waals surface area contributed by atoms with E-state index in [9.17, 15) is 12.8 Å². The molecule has 0 radical (unpaired) electrons. The molecule has 0 amide bonds. The summed E-state index contributed by atoms with van der Waals surface area (Å²) < 4.78 is 47.8. The van der Waals surface area contributed by atoms with Gasteiger partial charge >= 0.3 is 0 Å². The summed E-state index contributed by atoms with van der Waals surface area (Å²) in [4.78, 5) is 0.171. The van der Waals surface area contributed by atoms with Crippen LogP contribution < -0.4 is 4.72 Å². The highest BCUT2D eigenvalue weighted by Crippen LogP contribution is 2.36. The number of sulfonamides is 1. The lowest BCUT2D eigenvalue weighted by atomic mass is 10.00. The molecule has 5 rings (SSSR count). The second-order valence-corrected chi connectivity index (χ2v) is 9.96. The van der Waals surface area contributed by atoms with E-state index in [0.717, 1.165) is 40.7 Å². The van der Waals surface area contributed by atoms with Gasteiger partial charge in [-0.05, 0) is 67.2 Å². The van der Waals surface area contributed by atoms with Crippen LogP contribution in [-0.4, -0.2) is 13.6 Å². The van der Waals surface area contributed by atoms with Gasteiger partial charge in [-0.25, -0.2) is 12.8 Å². The Hall–Kier alpha value is -3.71. The molecule has 172 valence electrons. The van der Waals surface area contributed by atoms with Gasteiger partial charge in [0.2, 0.25) is 0 Å². The second-order valence-electron chi connectivity index (χ2n) is 8.28. The van der Waals surface area contributed by atoms with Crippen molar-refractivity contribution >= 4 is 15.6 Å². The highest BCUT2D eigenvalue weighted by Gasteiger charge is 2.23. The topological polar surface area (TPSA) is 72.2 Å². The summed E-state index contributed by atoms with van der Waals surface area (Å²) in [5, 5.41) is 4.21. The first-order valence-electron chi connectivity index (χ1n) is 11.1. The third kappa shape index (κ3) is 4.26. The van der Waals surface area contributed by atoms with E-state index < -0.39 is 10.0 Å². The minimum absolute atomic E-state index is 0.171. The molecule has 4 aromatic rings. The fourth-order valence-electron chi connectivity index (χ4n) is 4.35. The predicted octanol–water partition coefficient (Wildman–Crippen LogP) is 6.33. The molecule has 7 heteroatoms. The van der Waals surface area contributed by atoms with Gasteiger partial charge in [0, 0.05) is 11.3 Å². The Morgan fingerprint density at radius 3 is 2.24 bits per heavy atom. The van der Waals surface area contributed by atoms with Crippen LogP contribution in [0.4, 0.5) is 4.39 Å². The molecule has 3 aromatic carbocycles. The molecular weight excluding hydrogens is 451 g/mol. The Morgan fingerprint density at radius 1 is 0.853 bits per heavy atom. The molecular formula is C27H23FN2O3S. The van der Waals surface area contributed by atoms with Gasteiger partial charge in [-0.1, -0.05) is 59.8 Å². The smallest absolute Gasteiger partial charge is 0.261 e. The summed E-state index contributed by atoms with van der Waals surface area (Å²) in [5.74, 6) is 0.343. The summed E-state index contributed by atoms with van der Waals surface area (Å²) in [6.45, 7) is 1.84. The summed E-state index contributed by atoms with van der Waals surface area (Å²) in [5.41, 5.74) is 5.71. The minimum atomic E-state index is -3.77. The van der Waals surface area contributed by atoms with Crippen molar-refractivity contribution in [2.24, 2.45) is 0 Å². The van der Waals surface area contributed by atoms with E-state index in [4.69, 9.17) is 4.52 Å². The molecule has 1 aliphatic rings. The third-order valence-corrected chi connectivity index (χ3v) is 7.44. The quantitative estimate of drug-likeness (QED) is 0.354. The van der Waals surface area contributed by atoms with Crippen molar-refractivity contribution < 1.29 is 17.3 Å². The summed E-state index contributed by atoms with van der Waals surface area (Å²) in [7, 11) is -3.77. The van der Waals surface area contributed by atoms with Crippen LogP contribution >= 0.6 is 0 Å². The molecule has 0 unspecified atom stereocenters. The Balaban J connectivity index is 1.44. The average Bonchev–Trinajstić information content (AvgIpc) is 3.46. The SMILES string of the molecule is Cc1onc(-c2ccccc2)c1-c1ccc(S(=O)(=O)NC2=C(c3ccc(F)cc3)CCC2)cc1. The predicted molar refractivity (Wildman–Crippen MR) is 130 cm³/mol. The first-order valence-corrected chi connectivity index (χ1v) is 12.5. The normalized spacial score (nSPS) is 13.9. The van der Waals surface area contributed by atoms with Crippen molar-refractivity contribution in [1.29, 1.82) is 0 Å². The number of halogens is 1. The first kappa shape index (κ1) is 22.1. The highest BCUT2D eigenvalue weighted by molar-refractivity contribution is 7.89. The van der Waals surface area contributed by atoms with Crippen molar-refractivity contribution in [3.8, 4) is 22.4 Å². The molecule has 0 saturated heterocycles. The van der Waals surface area contributed by atoms with Gasteiger partial charge in [0.25, 0.3) is 10.0 Å². The van der Waals surface area contributed by atoms with Gasteiger partial charge in [0.05, 0.1) is 10.5 Å². The number of aromatic nitrogens is 1. The Morgan fingerprint density at radius 2 is 1.53 bits per heavy atom. The zero-order valence-corrected chi connectivity index (χ0v) is 19.4. The maximum absolute atomic E-state index is 13.3. The molecule has 0 spiro atoms. The first-order chi connectivity index (χ1) is 16.4. The molecule has 0 aliphatic heterocycles. The number of nitrogens with one attached hydrogen (secondary N) is 1. The third-order valence-electron chi connectivity index (χ3n) is 6.03. The van der Waals surface area contributed by atoms with Crippen LogP contribution in [0.25, 0.3) is 28.0 Å². The number of benzene rings is 3. The molecule has 1 heterocycles. The van der Waals surface area contributed by atoms with Crippen molar-refractivity contribution in [2.45, 2.75) is 31.1 Å². The maximum Gasteiger partial charge on any atom is 0.261 e. The largest absolute Gasteiger partial charge is 0.360 e. The van der Waals surface area contributed by atoms with Gasteiger partial charge in [-0.15, -0.1) is 0 Å². The van der Waals surface area contributed by atoms with Gasteiger partial charge < -0.3 is 4.52 Å². The van der Waals surface area contributed by atoms with E-state index in [0.29, 0.717) is 23.6 Å². The van der Waals surface area contributed by atoms with Gasteiger partial charge in [-0.3, -0.25) is 4.72 Å². The summed E-state index contributed by atoms with van der Waals surface area (Å²) in [6, 6.07) is 22.6. The zero-order valence-electron chi connectivity index (χ0n) is 18.6. The number of hydrogen-bond donors (Lipinski definition) is 1. The van der Waals surface area contributed by atoms with Crippen LogP contribution in [0.3, 0.4) is 0 Å².